The van der Waals surface area contributed by atoms with E-state index >= 15 is 0 Å². The summed E-state index contributed by atoms with van der Waals surface area (Å²) < 4.78 is 0. The number of aliphatic hydroxyl groups is 1. The zero-order valence-electron chi connectivity index (χ0n) is 14.9. The van der Waals surface area contributed by atoms with E-state index in [2.05, 4.69) is 27.7 Å². The van der Waals surface area contributed by atoms with E-state index in [-0.39, 0.29) is 0 Å². The van der Waals surface area contributed by atoms with Crippen molar-refractivity contribution < 1.29 is 5.11 Å². The van der Waals surface area contributed by atoms with Gasteiger partial charge < -0.3 is 5.11 Å². The summed E-state index contributed by atoms with van der Waals surface area (Å²) >= 11 is 0. The first-order valence-electron chi connectivity index (χ1n) is 9.15. The highest BCUT2D eigenvalue weighted by Gasteiger charge is 2.50. The highest BCUT2D eigenvalue weighted by atomic mass is 16.3. The summed E-state index contributed by atoms with van der Waals surface area (Å²) in [6.45, 7) is 8.91. The van der Waals surface area contributed by atoms with Crippen LogP contribution in [0.1, 0.15) is 79.1 Å². The van der Waals surface area contributed by atoms with Gasteiger partial charge >= 0.3 is 0 Å². The molecule has 1 N–H and O–H groups in total. The van der Waals surface area contributed by atoms with E-state index in [0.29, 0.717) is 5.41 Å². The minimum absolute atomic E-state index is 0.495. The van der Waals surface area contributed by atoms with Crippen LogP contribution in [0, 0.1) is 23.2 Å². The lowest BCUT2D eigenvalue weighted by Gasteiger charge is -2.44. The molecule has 0 aromatic rings. The van der Waals surface area contributed by atoms with Crippen molar-refractivity contribution in [3.8, 4) is 0 Å². The van der Waals surface area contributed by atoms with Gasteiger partial charge in [0, 0.05) is 0 Å². The summed E-state index contributed by atoms with van der Waals surface area (Å²) in [5.41, 5.74) is 1.80. The molecule has 2 unspecified atom stereocenters. The molecule has 2 aliphatic carbocycles. The molecule has 0 radical (unpaired) electrons. The Balaban J connectivity index is 1.97. The molecule has 21 heavy (non-hydrogen) atoms. The molecule has 0 bridgehead atoms. The maximum atomic E-state index is 9.89. The standard InChI is InChI=1S/C19H35BO/c1-14(7-5-11-18(2,3)21)16-9-10-17-15(13-20)8-6-12-19(16,17)4/h13-14,16-17,21H,5-12,20H2,1-4H3/b15-13+/t14-,16?,17?,19-/m1/s1. The SMILES string of the molecule is B/C=C1\CCC[C@@]2(C)C1CCC2[C@H](C)CCCC(C)(C)O. The van der Waals surface area contributed by atoms with Crippen molar-refractivity contribution in [2.45, 2.75) is 84.7 Å². The van der Waals surface area contributed by atoms with Gasteiger partial charge in [-0.1, -0.05) is 32.3 Å². The Labute approximate surface area is 133 Å². The smallest absolute Gasteiger partial charge is 0.129 e. The molecule has 2 rings (SSSR count). The number of hydrogen-bond donors (Lipinski definition) is 1. The highest BCUT2D eigenvalue weighted by Crippen LogP contribution is 2.59. The van der Waals surface area contributed by atoms with Gasteiger partial charge in [-0.25, -0.2) is 0 Å². The Kier molecular flexibility index (Phi) is 5.29. The van der Waals surface area contributed by atoms with E-state index in [1.165, 1.54) is 44.9 Å². The van der Waals surface area contributed by atoms with Gasteiger partial charge in [-0.05, 0) is 75.5 Å². The van der Waals surface area contributed by atoms with E-state index in [0.717, 1.165) is 24.2 Å². The molecule has 0 spiro atoms. The van der Waals surface area contributed by atoms with Gasteiger partial charge in [0.2, 0.25) is 0 Å². The van der Waals surface area contributed by atoms with E-state index < -0.39 is 5.60 Å². The van der Waals surface area contributed by atoms with E-state index in [1.807, 2.05) is 13.8 Å². The third-order valence-corrected chi connectivity index (χ3v) is 6.54. The van der Waals surface area contributed by atoms with Crippen molar-refractivity contribution in [2.75, 3.05) is 0 Å². The van der Waals surface area contributed by atoms with Crippen molar-refractivity contribution in [2.24, 2.45) is 23.2 Å². The van der Waals surface area contributed by atoms with E-state index in [4.69, 9.17) is 0 Å². The fourth-order valence-corrected chi connectivity index (χ4v) is 5.42. The molecule has 2 fully saturated rings. The largest absolute Gasteiger partial charge is 0.390 e. The van der Waals surface area contributed by atoms with Crippen molar-refractivity contribution >= 4 is 7.85 Å². The van der Waals surface area contributed by atoms with Gasteiger partial charge in [0.1, 0.15) is 7.85 Å². The van der Waals surface area contributed by atoms with Crippen LogP contribution in [-0.2, 0) is 0 Å². The Morgan fingerprint density at radius 1 is 1.43 bits per heavy atom. The predicted octanol–water partition coefficient (Wildman–Crippen LogP) is 4.30. The Bertz CT molecular complexity index is 382. The topological polar surface area (TPSA) is 20.2 Å². The highest BCUT2D eigenvalue weighted by molar-refractivity contribution is 6.17. The Hall–Kier alpha value is -0.235. The molecule has 1 nitrogen and oxygen atoms in total. The van der Waals surface area contributed by atoms with Gasteiger partial charge in [-0.3, -0.25) is 0 Å². The maximum absolute atomic E-state index is 9.89. The first kappa shape index (κ1) is 17.1. The van der Waals surface area contributed by atoms with Crippen LogP contribution in [0.3, 0.4) is 0 Å². The molecule has 2 heteroatoms. The van der Waals surface area contributed by atoms with Crippen LogP contribution in [0.25, 0.3) is 0 Å². The summed E-state index contributed by atoms with van der Waals surface area (Å²) in [4.78, 5) is 0. The summed E-state index contributed by atoms with van der Waals surface area (Å²) in [5, 5.41) is 9.89. The second kappa shape index (κ2) is 6.48. The second-order valence-electron chi connectivity index (χ2n) is 8.64. The number of allylic oxidation sites excluding steroid dienone is 1. The quantitative estimate of drug-likeness (QED) is 0.749. The molecule has 0 aliphatic heterocycles. The predicted molar refractivity (Wildman–Crippen MR) is 94.1 cm³/mol. The molecule has 120 valence electrons. The summed E-state index contributed by atoms with van der Waals surface area (Å²) in [5.74, 6) is 4.96. The van der Waals surface area contributed by atoms with Gasteiger partial charge in [0.15, 0.2) is 0 Å². The normalized spacial score (nSPS) is 36.7. The van der Waals surface area contributed by atoms with E-state index in [1.54, 1.807) is 5.57 Å². The fourth-order valence-electron chi connectivity index (χ4n) is 5.42. The minimum atomic E-state index is -0.495. The fraction of sp³-hybridized carbons (Fsp3) is 0.895. The summed E-state index contributed by atoms with van der Waals surface area (Å²) in [6.07, 6.45) is 10.4. The summed E-state index contributed by atoms with van der Waals surface area (Å²) in [7, 11) is 2.24. The third-order valence-electron chi connectivity index (χ3n) is 6.54. The van der Waals surface area contributed by atoms with Gasteiger partial charge in [0.25, 0.3) is 0 Å². The number of rotatable bonds is 5. The molecule has 0 heterocycles. The molecular formula is C19H35BO. The molecule has 2 aliphatic rings. The van der Waals surface area contributed by atoms with Crippen LogP contribution in [0.2, 0.25) is 0 Å². The van der Waals surface area contributed by atoms with Crippen molar-refractivity contribution in [1.29, 1.82) is 0 Å². The minimum Gasteiger partial charge on any atom is -0.390 e. The van der Waals surface area contributed by atoms with Crippen LogP contribution in [0.5, 0.6) is 0 Å². The maximum Gasteiger partial charge on any atom is 0.129 e. The first-order valence-corrected chi connectivity index (χ1v) is 9.15. The monoisotopic (exact) mass is 290 g/mol. The lowest BCUT2D eigenvalue weighted by atomic mass is 9.60. The average Bonchev–Trinajstić information content (AvgIpc) is 2.73. The van der Waals surface area contributed by atoms with Crippen LogP contribution >= 0.6 is 0 Å². The Morgan fingerprint density at radius 2 is 2.14 bits per heavy atom. The molecule has 0 saturated heterocycles. The lowest BCUT2D eigenvalue weighted by Crippen LogP contribution is -2.36. The van der Waals surface area contributed by atoms with Crippen LogP contribution in [-0.4, -0.2) is 18.6 Å². The summed E-state index contributed by atoms with van der Waals surface area (Å²) in [6, 6.07) is 0. The zero-order chi connectivity index (χ0) is 15.7. The number of fused-ring (bicyclic) bond motifs is 1. The third kappa shape index (κ3) is 3.75. The molecule has 0 aromatic heterocycles. The molecule has 2 saturated carbocycles. The second-order valence-corrected chi connectivity index (χ2v) is 8.64. The van der Waals surface area contributed by atoms with Crippen molar-refractivity contribution in [3.63, 3.8) is 0 Å². The number of hydrogen-bond acceptors (Lipinski definition) is 1. The van der Waals surface area contributed by atoms with Crippen molar-refractivity contribution in [1.82, 2.24) is 0 Å². The van der Waals surface area contributed by atoms with Crippen LogP contribution in [0.15, 0.2) is 11.5 Å². The molecule has 4 atom stereocenters. The molecule has 0 aromatic carbocycles. The van der Waals surface area contributed by atoms with Gasteiger partial charge in [0.05, 0.1) is 5.60 Å². The molecular weight excluding hydrogens is 255 g/mol. The first-order chi connectivity index (χ1) is 9.78. The molecule has 0 amide bonds. The van der Waals surface area contributed by atoms with E-state index in [9.17, 15) is 5.11 Å². The average molecular weight is 290 g/mol. The van der Waals surface area contributed by atoms with Gasteiger partial charge in [-0.2, -0.15) is 0 Å². The lowest BCUT2D eigenvalue weighted by molar-refractivity contribution is 0.0597. The zero-order valence-corrected chi connectivity index (χ0v) is 14.9. The van der Waals surface area contributed by atoms with Crippen LogP contribution in [0.4, 0.5) is 0 Å². The van der Waals surface area contributed by atoms with Gasteiger partial charge in [-0.15, -0.1) is 5.98 Å². The van der Waals surface area contributed by atoms with Crippen LogP contribution < -0.4 is 0 Å². The Morgan fingerprint density at radius 3 is 2.76 bits per heavy atom. The van der Waals surface area contributed by atoms with Crippen molar-refractivity contribution in [3.05, 3.63) is 11.5 Å².